The predicted octanol–water partition coefficient (Wildman–Crippen LogP) is 3.57. The number of amides is 1. The van der Waals surface area contributed by atoms with Crippen molar-refractivity contribution in [3.63, 3.8) is 0 Å². The predicted molar refractivity (Wildman–Crippen MR) is 114 cm³/mol. The van der Waals surface area contributed by atoms with Gasteiger partial charge in [-0.2, -0.15) is 0 Å². The van der Waals surface area contributed by atoms with Gasteiger partial charge in [0.05, 0.1) is 0 Å². The van der Waals surface area contributed by atoms with Gasteiger partial charge in [0.15, 0.2) is 0 Å². The van der Waals surface area contributed by atoms with Crippen LogP contribution in [-0.2, 0) is 19.5 Å². The van der Waals surface area contributed by atoms with Gasteiger partial charge in [0.2, 0.25) is 0 Å². The summed E-state index contributed by atoms with van der Waals surface area (Å²) in [6.45, 7) is 0.787. The first-order valence-electron chi connectivity index (χ1n) is 9.56. The van der Waals surface area contributed by atoms with Gasteiger partial charge in [0.25, 0.3) is 11.5 Å². The van der Waals surface area contributed by atoms with E-state index in [0.717, 1.165) is 16.5 Å². The van der Waals surface area contributed by atoms with Crippen molar-refractivity contribution in [2.75, 3.05) is 0 Å². The molecule has 0 aliphatic carbocycles. The zero-order valence-corrected chi connectivity index (χ0v) is 15.9. The Bertz CT molecular complexity index is 1190. The molecule has 29 heavy (non-hydrogen) atoms. The lowest BCUT2D eigenvalue weighted by atomic mass is 10.1. The smallest absolute Gasteiger partial charge is 0.268 e. The summed E-state index contributed by atoms with van der Waals surface area (Å²) in [6, 6.07) is 22.8. The average molecular weight is 383 g/mol. The van der Waals surface area contributed by atoms with Crippen molar-refractivity contribution in [2.24, 2.45) is 0 Å². The largest absolute Gasteiger partial charge is 0.347 e. The number of carbonyl (C=O) groups excluding carboxylic acids is 1. The number of nitrogens with one attached hydrogen (secondary N) is 1. The molecule has 0 atom stereocenters. The van der Waals surface area contributed by atoms with Crippen LogP contribution in [0.5, 0.6) is 0 Å². The molecule has 0 aliphatic heterocycles. The number of nitrogens with zero attached hydrogens (tertiary/aromatic N) is 2. The van der Waals surface area contributed by atoms with Gasteiger partial charge in [-0.3, -0.25) is 14.6 Å². The second kappa shape index (κ2) is 8.52. The van der Waals surface area contributed by atoms with E-state index in [2.05, 4.69) is 10.3 Å². The molecular weight excluding hydrogens is 362 g/mol. The van der Waals surface area contributed by atoms with Crippen molar-refractivity contribution in [1.29, 1.82) is 0 Å². The van der Waals surface area contributed by atoms with Crippen LogP contribution < -0.4 is 10.9 Å². The number of hydrogen-bond donors (Lipinski definition) is 1. The normalized spacial score (nSPS) is 10.8. The molecule has 5 nitrogen and oxygen atoms in total. The Kier molecular flexibility index (Phi) is 5.47. The van der Waals surface area contributed by atoms with Crippen LogP contribution in [0.25, 0.3) is 10.8 Å². The summed E-state index contributed by atoms with van der Waals surface area (Å²) in [7, 11) is 0. The van der Waals surface area contributed by atoms with E-state index in [4.69, 9.17) is 0 Å². The van der Waals surface area contributed by atoms with Crippen LogP contribution in [0, 0.1) is 0 Å². The molecule has 0 aliphatic rings. The van der Waals surface area contributed by atoms with Crippen LogP contribution in [0.3, 0.4) is 0 Å². The monoisotopic (exact) mass is 383 g/mol. The van der Waals surface area contributed by atoms with Gasteiger partial charge in [0, 0.05) is 30.9 Å². The van der Waals surface area contributed by atoms with Crippen LogP contribution in [0.1, 0.15) is 21.6 Å². The molecule has 144 valence electrons. The number of carbonyl (C=O) groups is 1. The highest BCUT2D eigenvalue weighted by Crippen LogP contribution is 2.13. The maximum Gasteiger partial charge on any atom is 0.268 e. The van der Waals surface area contributed by atoms with E-state index in [1.807, 2.05) is 60.7 Å². The Labute approximate surface area is 168 Å². The number of rotatable bonds is 6. The van der Waals surface area contributed by atoms with Gasteiger partial charge in [-0.05, 0) is 41.1 Å². The second-order valence-electron chi connectivity index (χ2n) is 6.85. The third-order valence-corrected chi connectivity index (χ3v) is 4.89. The molecule has 0 saturated heterocycles. The maximum absolute atomic E-state index is 13.1. The number of aryl methyl sites for hydroxylation is 1. The number of aromatic nitrogens is 2. The van der Waals surface area contributed by atoms with Crippen molar-refractivity contribution < 1.29 is 4.79 Å². The zero-order valence-electron chi connectivity index (χ0n) is 15.9. The molecule has 4 aromatic rings. The standard InChI is InChI=1S/C24H21N3O2/c28-23(26-17-19-9-6-13-25-16-19)22-15-20-10-4-5-11-21(20)24(29)27(22)14-12-18-7-2-1-3-8-18/h1-11,13,15-16H,12,14,17H2,(H,26,28). The summed E-state index contributed by atoms with van der Waals surface area (Å²) < 4.78 is 1.58. The highest BCUT2D eigenvalue weighted by molar-refractivity contribution is 5.96. The van der Waals surface area contributed by atoms with E-state index in [0.29, 0.717) is 30.6 Å². The van der Waals surface area contributed by atoms with Crippen LogP contribution in [-0.4, -0.2) is 15.5 Å². The molecule has 5 heteroatoms. The van der Waals surface area contributed by atoms with Gasteiger partial charge in [-0.1, -0.05) is 54.6 Å². The van der Waals surface area contributed by atoms with Gasteiger partial charge in [-0.25, -0.2) is 0 Å². The molecule has 2 heterocycles. The molecule has 0 bridgehead atoms. The van der Waals surface area contributed by atoms with Crippen LogP contribution in [0.15, 0.2) is 90.0 Å². The summed E-state index contributed by atoms with van der Waals surface area (Å²) in [6.07, 6.45) is 4.07. The van der Waals surface area contributed by atoms with Crippen molar-refractivity contribution in [1.82, 2.24) is 14.9 Å². The molecule has 2 aromatic carbocycles. The first-order chi connectivity index (χ1) is 14.2. The topological polar surface area (TPSA) is 64.0 Å². The van der Waals surface area contributed by atoms with E-state index in [-0.39, 0.29) is 11.5 Å². The highest BCUT2D eigenvalue weighted by Gasteiger charge is 2.15. The lowest BCUT2D eigenvalue weighted by molar-refractivity contribution is 0.0940. The Balaban J connectivity index is 1.66. The minimum Gasteiger partial charge on any atom is -0.347 e. The first kappa shape index (κ1) is 18.6. The van der Waals surface area contributed by atoms with Crippen molar-refractivity contribution in [3.05, 3.63) is 112 Å². The fraction of sp³-hybridized carbons (Fsp3) is 0.125. The molecule has 2 aromatic heterocycles. The Hall–Kier alpha value is -3.73. The summed E-state index contributed by atoms with van der Waals surface area (Å²) >= 11 is 0. The molecule has 0 unspecified atom stereocenters. The van der Waals surface area contributed by atoms with Crippen molar-refractivity contribution >= 4 is 16.7 Å². The Morgan fingerprint density at radius 1 is 0.931 bits per heavy atom. The molecule has 0 radical (unpaired) electrons. The first-order valence-corrected chi connectivity index (χ1v) is 9.56. The highest BCUT2D eigenvalue weighted by atomic mass is 16.2. The molecule has 1 N–H and O–H groups in total. The van der Waals surface area contributed by atoms with Crippen LogP contribution in [0.4, 0.5) is 0 Å². The van der Waals surface area contributed by atoms with E-state index >= 15 is 0 Å². The summed E-state index contributed by atoms with van der Waals surface area (Å²) in [5.74, 6) is -0.273. The number of hydrogen-bond acceptors (Lipinski definition) is 3. The lowest BCUT2D eigenvalue weighted by Crippen LogP contribution is -2.32. The van der Waals surface area contributed by atoms with Gasteiger partial charge >= 0.3 is 0 Å². The zero-order chi connectivity index (χ0) is 20.1. The van der Waals surface area contributed by atoms with Gasteiger partial charge in [-0.15, -0.1) is 0 Å². The average Bonchev–Trinajstić information content (AvgIpc) is 2.78. The fourth-order valence-corrected chi connectivity index (χ4v) is 3.37. The molecule has 0 spiro atoms. The third-order valence-electron chi connectivity index (χ3n) is 4.89. The quantitative estimate of drug-likeness (QED) is 0.554. The summed E-state index contributed by atoms with van der Waals surface area (Å²) in [5.41, 5.74) is 2.24. The SMILES string of the molecule is O=C(NCc1cccnc1)c1cc2ccccc2c(=O)n1CCc1ccccc1. The fourth-order valence-electron chi connectivity index (χ4n) is 3.37. The minimum atomic E-state index is -0.273. The number of fused-ring (bicyclic) bond motifs is 1. The van der Waals surface area contributed by atoms with E-state index < -0.39 is 0 Å². The lowest BCUT2D eigenvalue weighted by Gasteiger charge is -2.15. The minimum absolute atomic E-state index is 0.148. The number of benzene rings is 2. The molecular formula is C24H21N3O2. The molecule has 0 saturated carbocycles. The summed E-state index contributed by atoms with van der Waals surface area (Å²) in [4.78, 5) is 30.1. The number of pyridine rings is 2. The van der Waals surface area contributed by atoms with Crippen LogP contribution in [0.2, 0.25) is 0 Å². The summed E-state index contributed by atoms with van der Waals surface area (Å²) in [5, 5.41) is 4.29. The Morgan fingerprint density at radius 2 is 1.69 bits per heavy atom. The van der Waals surface area contributed by atoms with E-state index in [1.54, 1.807) is 29.1 Å². The van der Waals surface area contributed by atoms with E-state index in [1.165, 1.54) is 0 Å². The third kappa shape index (κ3) is 4.24. The van der Waals surface area contributed by atoms with Crippen molar-refractivity contribution in [3.8, 4) is 0 Å². The van der Waals surface area contributed by atoms with Crippen LogP contribution >= 0.6 is 0 Å². The second-order valence-corrected chi connectivity index (χ2v) is 6.85. The molecule has 0 fully saturated rings. The molecule has 1 amide bonds. The van der Waals surface area contributed by atoms with Gasteiger partial charge in [0.1, 0.15) is 5.69 Å². The Morgan fingerprint density at radius 3 is 2.48 bits per heavy atom. The maximum atomic E-state index is 13.1. The van der Waals surface area contributed by atoms with Crippen molar-refractivity contribution in [2.45, 2.75) is 19.5 Å². The van der Waals surface area contributed by atoms with E-state index in [9.17, 15) is 9.59 Å². The van der Waals surface area contributed by atoms with Gasteiger partial charge < -0.3 is 9.88 Å². The molecule has 4 rings (SSSR count).